The molecule has 3 amide bonds. The van der Waals surface area contributed by atoms with Gasteiger partial charge >= 0.3 is 6.18 Å². The van der Waals surface area contributed by atoms with Crippen LogP contribution in [-0.4, -0.2) is 23.9 Å². The summed E-state index contributed by atoms with van der Waals surface area (Å²) < 4.78 is 39.1. The predicted molar refractivity (Wildman–Crippen MR) is 84.6 cm³/mol. The molecule has 1 aromatic carbocycles. The Hall–Kier alpha value is -2.38. The van der Waals surface area contributed by atoms with E-state index < -0.39 is 29.3 Å². The van der Waals surface area contributed by atoms with E-state index in [1.807, 2.05) is 0 Å². The number of carbonyl (C=O) groups is 3. The van der Waals surface area contributed by atoms with Crippen LogP contribution in [0.25, 0.3) is 0 Å². The first-order chi connectivity index (χ1) is 11.5. The third-order valence-electron chi connectivity index (χ3n) is 4.30. The summed E-state index contributed by atoms with van der Waals surface area (Å²) >= 11 is 0. The first-order valence-electron chi connectivity index (χ1n) is 7.79. The molecule has 1 fully saturated rings. The Balaban J connectivity index is 1.98. The zero-order valence-electron chi connectivity index (χ0n) is 13.9. The van der Waals surface area contributed by atoms with Crippen molar-refractivity contribution < 1.29 is 27.6 Å². The van der Waals surface area contributed by atoms with E-state index in [1.165, 1.54) is 24.3 Å². The van der Waals surface area contributed by atoms with Gasteiger partial charge in [0.2, 0.25) is 17.7 Å². The molecule has 1 saturated heterocycles. The third-order valence-corrected chi connectivity index (χ3v) is 4.30. The lowest BCUT2D eigenvalue weighted by Gasteiger charge is -2.28. The van der Waals surface area contributed by atoms with E-state index in [1.54, 1.807) is 0 Å². The minimum absolute atomic E-state index is 0.00500. The van der Waals surface area contributed by atoms with Crippen LogP contribution in [-0.2, 0) is 19.8 Å². The average Bonchev–Trinajstić information content (AvgIpc) is 2.45. The molecule has 25 heavy (non-hydrogen) atoms. The van der Waals surface area contributed by atoms with Crippen LogP contribution in [0.4, 0.5) is 18.9 Å². The molecule has 2 N–H and O–H groups in total. The second kappa shape index (κ2) is 6.85. The summed E-state index contributed by atoms with van der Waals surface area (Å²) in [5, 5.41) is 4.74. The quantitative estimate of drug-likeness (QED) is 0.815. The van der Waals surface area contributed by atoms with Crippen LogP contribution < -0.4 is 10.6 Å². The number of hydrogen-bond donors (Lipinski definition) is 2. The molecule has 0 radical (unpaired) electrons. The van der Waals surface area contributed by atoms with Gasteiger partial charge in [0, 0.05) is 24.9 Å². The van der Waals surface area contributed by atoms with Crippen LogP contribution in [0.3, 0.4) is 0 Å². The molecule has 1 aliphatic heterocycles. The van der Waals surface area contributed by atoms with Gasteiger partial charge < -0.3 is 5.32 Å². The van der Waals surface area contributed by atoms with E-state index in [-0.39, 0.29) is 30.7 Å². The number of rotatable bonds is 4. The number of carbonyl (C=O) groups excluding carboxylic acids is 3. The fraction of sp³-hybridized carbons (Fsp3) is 0.471. The number of nitrogens with one attached hydrogen (secondary N) is 2. The van der Waals surface area contributed by atoms with Gasteiger partial charge in [-0.15, -0.1) is 0 Å². The number of hydrogen-bond acceptors (Lipinski definition) is 3. The fourth-order valence-electron chi connectivity index (χ4n) is 2.61. The van der Waals surface area contributed by atoms with Gasteiger partial charge in [0.05, 0.1) is 5.41 Å². The Labute approximate surface area is 143 Å². The number of alkyl halides is 3. The molecule has 1 aromatic rings. The third kappa shape index (κ3) is 4.58. The summed E-state index contributed by atoms with van der Waals surface area (Å²) in [6.45, 7) is 2.18. The summed E-state index contributed by atoms with van der Waals surface area (Å²) in [6.07, 6.45) is -4.20. The lowest BCUT2D eigenvalue weighted by atomic mass is 9.84. The van der Waals surface area contributed by atoms with E-state index in [0.29, 0.717) is 5.69 Å². The number of amides is 3. The molecule has 8 heteroatoms. The van der Waals surface area contributed by atoms with Crippen molar-refractivity contribution in [2.45, 2.75) is 44.7 Å². The number of halogens is 3. The molecule has 0 aliphatic carbocycles. The molecule has 0 bridgehead atoms. The monoisotopic (exact) mass is 356 g/mol. The molecule has 5 nitrogen and oxygen atoms in total. The first kappa shape index (κ1) is 19.0. The molecular weight excluding hydrogens is 337 g/mol. The number of benzene rings is 1. The summed E-state index contributed by atoms with van der Waals surface area (Å²) in [6, 6.07) is 5.44. The van der Waals surface area contributed by atoms with Gasteiger partial charge in [-0.2, -0.15) is 13.2 Å². The van der Waals surface area contributed by atoms with Crippen LogP contribution >= 0.6 is 0 Å². The minimum atomic E-state index is -4.38. The van der Waals surface area contributed by atoms with Crippen LogP contribution in [0.2, 0.25) is 0 Å². The van der Waals surface area contributed by atoms with Crippen LogP contribution in [0.5, 0.6) is 0 Å². The lowest BCUT2D eigenvalue weighted by molar-refractivity contribution is -0.180. The van der Waals surface area contributed by atoms with Crippen molar-refractivity contribution in [3.05, 3.63) is 29.8 Å². The van der Waals surface area contributed by atoms with E-state index in [9.17, 15) is 27.6 Å². The smallest absolute Gasteiger partial charge is 0.326 e. The lowest BCUT2D eigenvalue weighted by Crippen LogP contribution is -2.39. The molecule has 136 valence electrons. The largest absolute Gasteiger partial charge is 0.397 e. The highest BCUT2D eigenvalue weighted by molar-refractivity contribution is 5.99. The normalized spacial score (nSPS) is 16.5. The van der Waals surface area contributed by atoms with E-state index in [4.69, 9.17) is 0 Å². The zero-order valence-corrected chi connectivity index (χ0v) is 13.9. The molecule has 0 aromatic heterocycles. The average molecular weight is 356 g/mol. The highest BCUT2D eigenvalue weighted by Crippen LogP contribution is 2.40. The van der Waals surface area contributed by atoms with Gasteiger partial charge in [-0.25, -0.2) is 0 Å². The fourth-order valence-corrected chi connectivity index (χ4v) is 2.61. The molecule has 0 spiro atoms. The topological polar surface area (TPSA) is 75.3 Å². The maximum atomic E-state index is 13.0. The molecule has 1 heterocycles. The molecule has 0 saturated carbocycles. The Kier molecular flexibility index (Phi) is 5.20. The van der Waals surface area contributed by atoms with Crippen LogP contribution in [0.15, 0.2) is 24.3 Å². The van der Waals surface area contributed by atoms with Crippen molar-refractivity contribution in [3.63, 3.8) is 0 Å². The van der Waals surface area contributed by atoms with Gasteiger partial charge in [0.1, 0.15) is 0 Å². The van der Waals surface area contributed by atoms with Crippen LogP contribution in [0.1, 0.15) is 38.7 Å². The Morgan fingerprint density at radius 3 is 2.12 bits per heavy atom. The number of imide groups is 1. The number of anilines is 1. The van der Waals surface area contributed by atoms with Crippen molar-refractivity contribution in [2.24, 2.45) is 5.92 Å². The first-order valence-corrected chi connectivity index (χ1v) is 7.79. The summed E-state index contributed by atoms with van der Waals surface area (Å²) in [5.74, 6) is -1.58. The summed E-state index contributed by atoms with van der Waals surface area (Å²) in [5.41, 5.74) is -1.54. The van der Waals surface area contributed by atoms with E-state index in [2.05, 4.69) is 10.6 Å². The van der Waals surface area contributed by atoms with Gasteiger partial charge in [0.15, 0.2) is 0 Å². The second-order valence-electron chi connectivity index (χ2n) is 6.70. The van der Waals surface area contributed by atoms with Gasteiger partial charge in [0.25, 0.3) is 0 Å². The van der Waals surface area contributed by atoms with Crippen molar-refractivity contribution >= 4 is 23.4 Å². The van der Waals surface area contributed by atoms with Crippen molar-refractivity contribution in [1.29, 1.82) is 0 Å². The second-order valence-corrected chi connectivity index (χ2v) is 6.70. The van der Waals surface area contributed by atoms with E-state index in [0.717, 1.165) is 13.8 Å². The Morgan fingerprint density at radius 1 is 1.12 bits per heavy atom. The van der Waals surface area contributed by atoms with E-state index >= 15 is 0 Å². The zero-order chi connectivity index (χ0) is 18.8. The molecule has 0 unspecified atom stereocenters. The van der Waals surface area contributed by atoms with Crippen molar-refractivity contribution in [2.75, 3.05) is 5.32 Å². The summed E-state index contributed by atoms with van der Waals surface area (Å²) in [4.78, 5) is 34.6. The maximum absolute atomic E-state index is 13.0. The maximum Gasteiger partial charge on any atom is 0.397 e. The standard InChI is InChI=1S/C17H19F3N2O3/c1-16(2,17(18,19)20)11-3-5-12(6-4-11)21-13(23)7-10-8-14(24)22-15(25)9-10/h3-6,10H,7-9H2,1-2H3,(H,21,23)(H,22,24,25). The SMILES string of the molecule is CC(C)(c1ccc(NC(=O)CC2CC(=O)NC(=O)C2)cc1)C(F)(F)F. The molecule has 1 aliphatic rings. The predicted octanol–water partition coefficient (Wildman–Crippen LogP) is 2.91. The van der Waals surface area contributed by atoms with Gasteiger partial charge in [-0.3, -0.25) is 19.7 Å². The van der Waals surface area contributed by atoms with Gasteiger partial charge in [-0.1, -0.05) is 12.1 Å². The Bertz CT molecular complexity index is 665. The van der Waals surface area contributed by atoms with Crippen molar-refractivity contribution in [1.82, 2.24) is 5.32 Å². The summed E-state index contributed by atoms with van der Waals surface area (Å²) in [7, 11) is 0. The van der Waals surface area contributed by atoms with Crippen LogP contribution in [0, 0.1) is 5.92 Å². The highest BCUT2D eigenvalue weighted by atomic mass is 19.4. The molecular formula is C17H19F3N2O3. The molecule has 2 rings (SSSR count). The minimum Gasteiger partial charge on any atom is -0.326 e. The van der Waals surface area contributed by atoms with Crippen molar-refractivity contribution in [3.8, 4) is 0 Å². The highest BCUT2D eigenvalue weighted by Gasteiger charge is 2.48. The number of piperidine rings is 1. The molecule has 0 atom stereocenters. The Morgan fingerprint density at radius 2 is 1.64 bits per heavy atom. The van der Waals surface area contributed by atoms with Gasteiger partial charge in [-0.05, 0) is 37.5 Å².